The minimum absolute atomic E-state index is 0.0393. The minimum Gasteiger partial charge on any atom is -0.350 e. The zero-order chi connectivity index (χ0) is 18.8. The van der Waals surface area contributed by atoms with Crippen LogP contribution >= 0.6 is 23.2 Å². The largest absolute Gasteiger partial charge is 0.350 e. The number of halogens is 2. The highest BCUT2D eigenvalue weighted by Gasteiger charge is 2.36. The number of hydrogen-bond donors (Lipinski definition) is 1. The Hall–Kier alpha value is -1.56. The summed E-state index contributed by atoms with van der Waals surface area (Å²) in [6, 6.07) is 11.2. The van der Waals surface area contributed by atoms with Crippen LogP contribution in [0.4, 0.5) is 0 Å². The lowest BCUT2D eigenvalue weighted by Crippen LogP contribution is -2.44. The number of rotatable bonds is 5. The van der Waals surface area contributed by atoms with Gasteiger partial charge in [0.05, 0.1) is 19.7 Å². The van der Waals surface area contributed by atoms with Gasteiger partial charge in [-0.1, -0.05) is 35.3 Å². The molecule has 0 spiro atoms. The number of sulfone groups is 1. The molecule has 0 saturated heterocycles. The van der Waals surface area contributed by atoms with Crippen molar-refractivity contribution in [3.05, 3.63) is 63.6 Å². The van der Waals surface area contributed by atoms with Gasteiger partial charge >= 0.3 is 0 Å². The Morgan fingerprint density at radius 2 is 1.76 bits per heavy atom. The zero-order valence-corrected chi connectivity index (χ0v) is 16.5. The van der Waals surface area contributed by atoms with Gasteiger partial charge < -0.3 is 5.32 Å². The van der Waals surface area contributed by atoms with Gasteiger partial charge in [-0.25, -0.2) is 8.42 Å². The minimum atomic E-state index is -3.62. The molecule has 25 heavy (non-hydrogen) atoms. The van der Waals surface area contributed by atoms with Gasteiger partial charge in [-0.2, -0.15) is 0 Å². The van der Waals surface area contributed by atoms with Gasteiger partial charge in [0.2, 0.25) is 0 Å². The molecule has 134 valence electrons. The second-order valence-corrected chi connectivity index (χ2v) is 9.79. The van der Waals surface area contributed by atoms with Crippen molar-refractivity contribution >= 4 is 38.9 Å². The first-order chi connectivity index (χ1) is 11.5. The van der Waals surface area contributed by atoms with Crippen molar-refractivity contribution in [1.82, 2.24) is 5.32 Å². The van der Waals surface area contributed by atoms with E-state index < -0.39 is 20.5 Å². The van der Waals surface area contributed by atoms with Crippen LogP contribution in [0.3, 0.4) is 0 Å². The lowest BCUT2D eigenvalue weighted by Gasteiger charge is -2.25. The summed E-state index contributed by atoms with van der Waals surface area (Å²) in [4.78, 5) is 12.5. The number of amides is 1. The second-order valence-electron chi connectivity index (χ2n) is 6.39. The van der Waals surface area contributed by atoms with Crippen molar-refractivity contribution in [3.8, 4) is 0 Å². The van der Waals surface area contributed by atoms with Gasteiger partial charge in [0, 0.05) is 12.1 Å². The third-order valence-corrected chi connectivity index (χ3v) is 7.10. The van der Waals surface area contributed by atoms with E-state index in [2.05, 4.69) is 5.32 Å². The number of benzene rings is 2. The molecular formula is C18H19Cl2NO3S. The van der Waals surface area contributed by atoms with Crippen LogP contribution < -0.4 is 5.32 Å². The molecule has 0 fully saturated rings. The number of carbonyl (C=O) groups is 1. The molecule has 0 aromatic heterocycles. The van der Waals surface area contributed by atoms with Crippen LogP contribution in [0.5, 0.6) is 0 Å². The smallest absolute Gasteiger partial charge is 0.251 e. The SMILES string of the molecule is Cc1cccc(S(=O)(=O)C(C)(C)CNC(=O)c2ccc(Cl)c(Cl)c2)c1. The summed E-state index contributed by atoms with van der Waals surface area (Å²) in [5.74, 6) is -0.411. The predicted molar refractivity (Wildman–Crippen MR) is 101 cm³/mol. The van der Waals surface area contributed by atoms with E-state index in [9.17, 15) is 13.2 Å². The molecule has 0 aliphatic carbocycles. The summed E-state index contributed by atoms with van der Waals surface area (Å²) in [5.41, 5.74) is 1.18. The first-order valence-electron chi connectivity index (χ1n) is 7.59. The van der Waals surface area contributed by atoms with Gasteiger partial charge in [0.25, 0.3) is 5.91 Å². The molecule has 0 heterocycles. The van der Waals surface area contributed by atoms with Crippen molar-refractivity contribution in [1.29, 1.82) is 0 Å². The van der Waals surface area contributed by atoms with Crippen LogP contribution in [0.2, 0.25) is 10.0 Å². The zero-order valence-electron chi connectivity index (χ0n) is 14.1. The fourth-order valence-corrected chi connectivity index (χ4v) is 4.03. The topological polar surface area (TPSA) is 63.2 Å². The summed E-state index contributed by atoms with van der Waals surface area (Å²) >= 11 is 11.7. The summed E-state index contributed by atoms with van der Waals surface area (Å²) in [6.45, 7) is 4.96. The highest BCUT2D eigenvalue weighted by molar-refractivity contribution is 7.92. The predicted octanol–water partition coefficient (Wildman–Crippen LogP) is 4.28. The third kappa shape index (κ3) is 4.35. The Balaban J connectivity index is 2.17. The van der Waals surface area contributed by atoms with Crippen LogP contribution in [-0.4, -0.2) is 25.6 Å². The molecule has 2 rings (SSSR count). The summed E-state index contributed by atoms with van der Waals surface area (Å²) in [7, 11) is -3.62. The average molecular weight is 400 g/mol. The molecule has 2 aromatic rings. The quantitative estimate of drug-likeness (QED) is 0.815. The maximum Gasteiger partial charge on any atom is 0.251 e. The van der Waals surface area contributed by atoms with E-state index in [4.69, 9.17) is 23.2 Å². The van der Waals surface area contributed by atoms with E-state index in [0.717, 1.165) is 5.56 Å². The number of carbonyl (C=O) groups excluding carboxylic acids is 1. The standard InChI is InChI=1S/C18H19Cl2NO3S/c1-12-5-4-6-14(9-12)25(23,24)18(2,3)11-21-17(22)13-7-8-15(19)16(20)10-13/h4-10H,11H2,1-3H3,(H,21,22). The lowest BCUT2D eigenvalue weighted by molar-refractivity contribution is 0.0950. The molecule has 0 radical (unpaired) electrons. The molecule has 7 heteroatoms. The van der Waals surface area contributed by atoms with E-state index in [1.54, 1.807) is 32.0 Å². The van der Waals surface area contributed by atoms with E-state index in [0.29, 0.717) is 10.6 Å². The average Bonchev–Trinajstić information content (AvgIpc) is 2.55. The molecule has 0 unspecified atom stereocenters. The Morgan fingerprint density at radius 3 is 2.36 bits per heavy atom. The number of aryl methyl sites for hydroxylation is 1. The highest BCUT2D eigenvalue weighted by atomic mass is 35.5. The first kappa shape index (κ1) is 19.8. The van der Waals surface area contributed by atoms with Crippen LogP contribution in [0.1, 0.15) is 29.8 Å². The van der Waals surface area contributed by atoms with Gasteiger partial charge in [0.15, 0.2) is 9.84 Å². The Kier molecular flexibility index (Phi) is 5.82. The van der Waals surface area contributed by atoms with Crippen molar-refractivity contribution in [2.24, 2.45) is 0 Å². The normalized spacial score (nSPS) is 12.0. The van der Waals surface area contributed by atoms with Crippen LogP contribution in [-0.2, 0) is 9.84 Å². The molecule has 4 nitrogen and oxygen atoms in total. The molecule has 0 aliphatic heterocycles. The highest BCUT2D eigenvalue weighted by Crippen LogP contribution is 2.26. The Labute approximate surface area is 158 Å². The molecule has 0 saturated carbocycles. The van der Waals surface area contributed by atoms with Crippen LogP contribution in [0, 0.1) is 6.92 Å². The fraction of sp³-hybridized carbons (Fsp3) is 0.278. The van der Waals surface area contributed by atoms with Gasteiger partial charge in [-0.05, 0) is 56.7 Å². The summed E-state index contributed by atoms with van der Waals surface area (Å²) < 4.78 is 24.6. The second kappa shape index (κ2) is 7.36. The fourth-order valence-electron chi connectivity index (χ4n) is 2.23. The third-order valence-electron chi connectivity index (χ3n) is 3.88. The molecular weight excluding hydrogens is 381 g/mol. The number of nitrogens with one attached hydrogen (secondary N) is 1. The van der Waals surface area contributed by atoms with Crippen molar-refractivity contribution in [2.45, 2.75) is 30.4 Å². The van der Waals surface area contributed by atoms with Crippen LogP contribution in [0.15, 0.2) is 47.4 Å². The number of hydrogen-bond acceptors (Lipinski definition) is 3. The Bertz CT molecular complexity index is 908. The van der Waals surface area contributed by atoms with E-state index in [1.807, 2.05) is 13.0 Å². The van der Waals surface area contributed by atoms with Gasteiger partial charge in [-0.15, -0.1) is 0 Å². The maximum absolute atomic E-state index is 12.9. The van der Waals surface area contributed by atoms with E-state index in [1.165, 1.54) is 18.2 Å². The molecule has 0 aliphatic rings. The molecule has 1 N–H and O–H groups in total. The molecule has 0 atom stereocenters. The maximum atomic E-state index is 12.9. The monoisotopic (exact) mass is 399 g/mol. The summed E-state index contributed by atoms with van der Waals surface area (Å²) in [5, 5.41) is 3.27. The van der Waals surface area contributed by atoms with Crippen molar-refractivity contribution in [3.63, 3.8) is 0 Å². The van der Waals surface area contributed by atoms with Gasteiger partial charge in [0.1, 0.15) is 0 Å². The molecule has 2 aromatic carbocycles. The van der Waals surface area contributed by atoms with Crippen LogP contribution in [0.25, 0.3) is 0 Å². The lowest BCUT2D eigenvalue weighted by atomic mass is 10.2. The molecule has 1 amide bonds. The van der Waals surface area contributed by atoms with E-state index in [-0.39, 0.29) is 16.5 Å². The Morgan fingerprint density at radius 1 is 1.08 bits per heavy atom. The molecule has 0 bridgehead atoms. The summed E-state index contributed by atoms with van der Waals surface area (Å²) in [6.07, 6.45) is 0. The van der Waals surface area contributed by atoms with Gasteiger partial charge in [-0.3, -0.25) is 4.79 Å². The van der Waals surface area contributed by atoms with Crippen molar-refractivity contribution in [2.75, 3.05) is 6.54 Å². The van der Waals surface area contributed by atoms with E-state index >= 15 is 0 Å². The first-order valence-corrected chi connectivity index (χ1v) is 9.83. The van der Waals surface area contributed by atoms with Crippen molar-refractivity contribution < 1.29 is 13.2 Å².